The molecule has 1 atom stereocenters. The second-order valence-corrected chi connectivity index (χ2v) is 10.7. The van der Waals surface area contributed by atoms with Crippen molar-refractivity contribution in [1.29, 1.82) is 0 Å². The molecule has 3 aromatic rings. The number of carbonyl (C=O) groups is 3. The normalized spacial score (nSPS) is 18.7. The molecular formula is C29H29FN4O7. The number of fused-ring (bicyclic) bond motifs is 2. The lowest BCUT2D eigenvalue weighted by atomic mass is 10.0. The molecule has 3 aliphatic rings. The van der Waals surface area contributed by atoms with E-state index >= 15 is 4.39 Å². The molecule has 1 aromatic heterocycles. The summed E-state index contributed by atoms with van der Waals surface area (Å²) in [5, 5.41) is 9.68. The van der Waals surface area contributed by atoms with Crippen LogP contribution in [0.2, 0.25) is 0 Å². The van der Waals surface area contributed by atoms with Crippen molar-refractivity contribution in [2.24, 2.45) is 5.73 Å². The number of nitrogens with zero attached hydrogens (tertiary/aromatic N) is 3. The van der Waals surface area contributed by atoms with E-state index in [2.05, 4.69) is 0 Å². The Hall–Kier alpha value is -4.61. The van der Waals surface area contributed by atoms with Crippen LogP contribution in [0.4, 0.5) is 20.6 Å². The van der Waals surface area contributed by atoms with Gasteiger partial charge in [-0.3, -0.25) is 14.5 Å². The fraction of sp³-hybridized carbons (Fsp3) is 0.379. The van der Waals surface area contributed by atoms with Crippen LogP contribution in [0.25, 0.3) is 10.9 Å². The van der Waals surface area contributed by atoms with Crippen molar-refractivity contribution in [3.8, 4) is 5.75 Å². The van der Waals surface area contributed by atoms with Crippen molar-refractivity contribution in [3.05, 3.63) is 62.7 Å². The van der Waals surface area contributed by atoms with E-state index in [1.54, 1.807) is 10.6 Å². The molecule has 0 spiro atoms. The number of aryl methyl sites for hydroxylation is 1. The summed E-state index contributed by atoms with van der Waals surface area (Å²) in [7, 11) is 1.42. The summed E-state index contributed by atoms with van der Waals surface area (Å²) in [5.74, 6) is -2.49. The molecule has 3 heterocycles. The molecule has 2 aliphatic heterocycles. The largest absolute Gasteiger partial charge is 0.492 e. The number of carbonyl (C=O) groups excluding carboxylic acids is 2. The number of ether oxygens (including phenoxy) is 2. The Morgan fingerprint density at radius 1 is 1.15 bits per heavy atom. The molecule has 0 radical (unpaired) electrons. The highest BCUT2D eigenvalue weighted by Crippen LogP contribution is 2.45. The molecule has 2 fully saturated rings. The Bertz CT molecular complexity index is 1700. The van der Waals surface area contributed by atoms with Crippen LogP contribution in [0.1, 0.15) is 45.9 Å². The summed E-state index contributed by atoms with van der Waals surface area (Å²) in [5.41, 5.74) is 7.48. The number of amides is 2. The molecule has 0 unspecified atom stereocenters. The topological polar surface area (TPSA) is 144 Å². The number of rotatable bonds is 6. The Balaban J connectivity index is 1.39. The van der Waals surface area contributed by atoms with Crippen LogP contribution in [0, 0.1) is 12.7 Å². The number of hydrogen-bond donors (Lipinski definition) is 2. The van der Waals surface area contributed by atoms with Crippen molar-refractivity contribution in [3.63, 3.8) is 0 Å². The molecule has 2 amide bonds. The van der Waals surface area contributed by atoms with Crippen LogP contribution in [-0.2, 0) is 22.4 Å². The fourth-order valence-electron chi connectivity index (χ4n) is 5.91. The molecular weight excluding hydrogens is 535 g/mol. The van der Waals surface area contributed by atoms with Gasteiger partial charge in [-0.25, -0.2) is 14.0 Å². The summed E-state index contributed by atoms with van der Waals surface area (Å²) in [6.07, 6.45) is 2.43. The highest BCUT2D eigenvalue weighted by atomic mass is 19.1. The number of anilines is 2. The smallest absolute Gasteiger partial charge is 0.415 e. The van der Waals surface area contributed by atoms with Crippen LogP contribution in [0.5, 0.6) is 5.75 Å². The number of methoxy groups -OCH3 is 1. The number of cyclic esters (lactones) is 1. The molecule has 1 saturated heterocycles. The van der Waals surface area contributed by atoms with Gasteiger partial charge in [0.15, 0.2) is 17.7 Å². The molecule has 6 rings (SSSR count). The average Bonchev–Trinajstić information content (AvgIpc) is 3.74. The van der Waals surface area contributed by atoms with Crippen LogP contribution < -0.4 is 25.7 Å². The minimum Gasteiger partial charge on any atom is -0.492 e. The predicted molar refractivity (Wildman–Crippen MR) is 148 cm³/mol. The SMILES string of the molecule is COc1c(N2CCc3ccc(N4C[C@H](C(N)=O)OC4=O)cc3CC2)c(F)c(C)c2c(=O)c(C(=O)O)cn(C3CC3)c12. The lowest BCUT2D eigenvalue weighted by molar-refractivity contribution is -0.124. The number of primary amides is 1. The standard InChI is InChI=1S/C29H29FN4O7/c1-14-21-23(33(17-5-6-17)12-19(25(21)35)28(37)38)26(40-2)24(22(14)30)32-9-7-15-3-4-18(11-16(15)8-10-32)34-13-20(27(31)36)41-29(34)39/h3-4,11-12,17,20H,5-10,13H2,1-2H3,(H2,31,36)(H,37,38)/t20-/m1/s1. The van der Waals surface area contributed by atoms with Gasteiger partial charge in [-0.05, 0) is 55.9 Å². The molecule has 11 nitrogen and oxygen atoms in total. The zero-order chi connectivity index (χ0) is 29.2. The number of pyridine rings is 1. The first-order valence-electron chi connectivity index (χ1n) is 13.4. The second-order valence-electron chi connectivity index (χ2n) is 10.7. The molecule has 2 aromatic carbocycles. The maximum Gasteiger partial charge on any atom is 0.415 e. The summed E-state index contributed by atoms with van der Waals surface area (Å²) >= 11 is 0. The average molecular weight is 565 g/mol. The maximum absolute atomic E-state index is 16.2. The van der Waals surface area contributed by atoms with Gasteiger partial charge in [-0.1, -0.05) is 6.07 Å². The van der Waals surface area contributed by atoms with Gasteiger partial charge >= 0.3 is 12.1 Å². The Morgan fingerprint density at radius 3 is 2.46 bits per heavy atom. The van der Waals surface area contributed by atoms with Gasteiger partial charge in [0, 0.05) is 36.6 Å². The number of carboxylic acids is 1. The van der Waals surface area contributed by atoms with E-state index in [-0.39, 0.29) is 35.0 Å². The summed E-state index contributed by atoms with van der Waals surface area (Å²) in [4.78, 5) is 52.2. The van der Waals surface area contributed by atoms with E-state index in [0.29, 0.717) is 37.1 Å². The molecule has 3 N–H and O–H groups in total. The maximum atomic E-state index is 16.2. The number of aromatic nitrogens is 1. The number of nitrogens with two attached hydrogens (primary N) is 1. The molecule has 0 bridgehead atoms. The first kappa shape index (κ1) is 26.6. The summed E-state index contributed by atoms with van der Waals surface area (Å²) < 4.78 is 28.8. The van der Waals surface area contributed by atoms with Crippen molar-refractivity contribution in [2.45, 2.75) is 44.8 Å². The second kappa shape index (κ2) is 9.79. The predicted octanol–water partition coefficient (Wildman–Crippen LogP) is 2.91. The quantitative estimate of drug-likeness (QED) is 0.465. The molecule has 1 saturated carbocycles. The molecule has 214 valence electrons. The Morgan fingerprint density at radius 2 is 1.85 bits per heavy atom. The van der Waals surface area contributed by atoms with Crippen molar-refractivity contribution in [1.82, 2.24) is 4.57 Å². The van der Waals surface area contributed by atoms with E-state index in [9.17, 15) is 24.3 Å². The van der Waals surface area contributed by atoms with E-state index in [4.69, 9.17) is 15.2 Å². The number of aromatic carboxylic acids is 1. The van der Waals surface area contributed by atoms with Crippen molar-refractivity contribution < 1.29 is 33.4 Å². The number of halogens is 1. The van der Waals surface area contributed by atoms with Crippen LogP contribution in [0.3, 0.4) is 0 Å². The van der Waals surface area contributed by atoms with Gasteiger partial charge in [-0.2, -0.15) is 0 Å². The Kier molecular flexibility index (Phi) is 6.35. The van der Waals surface area contributed by atoms with E-state index < -0.39 is 40.9 Å². The minimum absolute atomic E-state index is 0.000981. The molecule has 1 aliphatic carbocycles. The minimum atomic E-state index is -1.36. The van der Waals surface area contributed by atoms with Crippen molar-refractivity contribution in [2.75, 3.05) is 36.5 Å². The van der Waals surface area contributed by atoms with Gasteiger partial charge in [0.2, 0.25) is 5.43 Å². The summed E-state index contributed by atoms with van der Waals surface area (Å²) in [6.45, 7) is 2.41. The van der Waals surface area contributed by atoms with E-state index in [0.717, 1.165) is 24.0 Å². The van der Waals surface area contributed by atoms with Gasteiger partial charge in [-0.15, -0.1) is 0 Å². The highest BCUT2D eigenvalue weighted by molar-refractivity contribution is 5.99. The van der Waals surface area contributed by atoms with Crippen LogP contribution in [0.15, 0.2) is 29.2 Å². The highest BCUT2D eigenvalue weighted by Gasteiger charge is 2.37. The number of carboxylic acid groups (broad SMARTS) is 1. The van der Waals surface area contributed by atoms with E-state index in [1.165, 1.54) is 25.1 Å². The molecule has 12 heteroatoms. The third-order valence-electron chi connectivity index (χ3n) is 8.20. The zero-order valence-electron chi connectivity index (χ0n) is 22.6. The number of benzene rings is 2. The van der Waals surface area contributed by atoms with Gasteiger partial charge in [0.05, 0.1) is 24.6 Å². The molecule has 41 heavy (non-hydrogen) atoms. The first-order valence-corrected chi connectivity index (χ1v) is 13.4. The van der Waals surface area contributed by atoms with E-state index in [1.807, 2.05) is 17.0 Å². The number of hydrogen-bond acceptors (Lipinski definition) is 7. The van der Waals surface area contributed by atoms with Gasteiger partial charge in [0.25, 0.3) is 5.91 Å². The monoisotopic (exact) mass is 564 g/mol. The third kappa shape index (κ3) is 4.34. The van der Waals surface area contributed by atoms with Crippen molar-refractivity contribution >= 4 is 40.2 Å². The lowest BCUT2D eigenvalue weighted by Gasteiger charge is -2.28. The third-order valence-corrected chi connectivity index (χ3v) is 8.20. The lowest BCUT2D eigenvalue weighted by Crippen LogP contribution is -2.32. The van der Waals surface area contributed by atoms with Gasteiger partial charge < -0.3 is 29.8 Å². The fourth-order valence-corrected chi connectivity index (χ4v) is 5.91. The summed E-state index contributed by atoms with van der Waals surface area (Å²) in [6, 6.07) is 5.58. The van der Waals surface area contributed by atoms with Gasteiger partial charge in [0.1, 0.15) is 11.3 Å². The Labute approximate surface area is 233 Å². The zero-order valence-corrected chi connectivity index (χ0v) is 22.6. The van der Waals surface area contributed by atoms with Crippen LogP contribution >= 0.6 is 0 Å². The first-order chi connectivity index (χ1) is 19.6. The van der Waals surface area contributed by atoms with Crippen LogP contribution in [-0.4, -0.2) is 60.5 Å².